The zero-order chi connectivity index (χ0) is 56.4. The average molecular weight is 1160 g/mol. The number of carboxylic acids is 2. The molecule has 17 heteroatoms. The minimum absolute atomic E-state index is 0. The molecule has 2 N–H and O–H groups in total. The smallest absolute Gasteiger partial charge is 0.545 e. The van der Waals surface area contributed by atoms with Gasteiger partial charge in [-0.15, -0.1) is 0 Å². The van der Waals surface area contributed by atoms with Crippen LogP contribution in [0, 0.1) is 13.8 Å². The van der Waals surface area contributed by atoms with Crippen LogP contribution in [0.25, 0.3) is 0 Å². The number of carbonyl (C=O) groups is 2. The van der Waals surface area contributed by atoms with Crippen LogP contribution in [0.5, 0.6) is 34.5 Å². The van der Waals surface area contributed by atoms with E-state index in [2.05, 4.69) is 0 Å². The summed E-state index contributed by atoms with van der Waals surface area (Å²) in [6, 6.07) is 53.4. The van der Waals surface area contributed by atoms with Gasteiger partial charge in [0.2, 0.25) is 30.5 Å². The Bertz CT molecular complexity index is 3370. The van der Waals surface area contributed by atoms with Gasteiger partial charge in [0.1, 0.15) is 47.7 Å². The predicted molar refractivity (Wildman–Crippen MR) is 291 cm³/mol. The number of aryl methyl sites for hydroxylation is 2. The van der Waals surface area contributed by atoms with Gasteiger partial charge in [-0.25, -0.2) is 16.8 Å². The Hall–Kier alpha value is -7.98. The molecular weight excluding hydrogens is 1100 g/mol. The van der Waals surface area contributed by atoms with Crippen molar-refractivity contribution in [1.29, 1.82) is 0 Å². The third kappa shape index (κ3) is 14.8. The van der Waals surface area contributed by atoms with Gasteiger partial charge in [0.25, 0.3) is 0 Å². The largest absolute Gasteiger partial charge is 2.00 e. The van der Waals surface area contributed by atoms with Gasteiger partial charge >= 0.3 is 19.5 Å². The summed E-state index contributed by atoms with van der Waals surface area (Å²) < 4.78 is 78.2. The van der Waals surface area contributed by atoms with Crippen molar-refractivity contribution in [3.8, 4) is 34.5 Å². The van der Waals surface area contributed by atoms with Gasteiger partial charge < -0.3 is 49.0 Å². The molecule has 2 unspecified atom stereocenters. The Labute approximate surface area is 473 Å². The number of carbonyl (C=O) groups excluding carboxylic acids is 2. The van der Waals surface area contributed by atoms with Gasteiger partial charge in [-0.1, -0.05) is 136 Å². The van der Waals surface area contributed by atoms with Crippen LogP contribution >= 0.6 is 0 Å². The third-order valence-corrected chi connectivity index (χ3v) is 16.9. The molecule has 0 aliphatic carbocycles. The summed E-state index contributed by atoms with van der Waals surface area (Å²) in [4.78, 5) is 22.6. The first-order valence-corrected chi connectivity index (χ1v) is 27.7. The standard InChI is InChI=1S/2C31H30O7S.Zn/c2*1-21-12-15-26(16-13-21)39(35,36)29(20-37-24-9-5-4-6-10-24)38-25-11-7-8-22(18-25)31(2,3)23-14-17-27(30(33)34)28(32)19-23;/h2*4-19,29,32H,20H2,1-3H3,(H,33,34);/q;;+2/p-2. The van der Waals surface area contributed by atoms with Gasteiger partial charge in [-0.3, -0.25) is 0 Å². The van der Waals surface area contributed by atoms with Gasteiger partial charge in [-0.05, 0) is 133 Å². The van der Waals surface area contributed by atoms with Crippen molar-refractivity contribution in [3.05, 3.63) is 239 Å². The Morgan fingerprint density at radius 3 is 1.08 bits per heavy atom. The number of para-hydroxylation sites is 2. The van der Waals surface area contributed by atoms with E-state index in [1.54, 1.807) is 146 Å². The summed E-state index contributed by atoms with van der Waals surface area (Å²) in [6.07, 6.45) is 0. The zero-order valence-electron chi connectivity index (χ0n) is 44.4. The SMILES string of the molecule is Cc1ccc(S(=O)(=O)C(COc2ccccc2)Oc2cccc(C(C)(C)c3ccc(C(=O)[O-])c(O)c3)c2)cc1.Cc1ccc(S(=O)(=O)C(COc2ccccc2)Oc2cccc(C(C)(C)c3ccc(C(=O)[O-])c(O)c3)c2)cc1.[Zn+2]. The Kier molecular flexibility index (Phi) is 19.6. The number of ether oxygens (including phenoxy) is 4. The van der Waals surface area contributed by atoms with Crippen molar-refractivity contribution in [2.24, 2.45) is 0 Å². The molecule has 0 saturated carbocycles. The summed E-state index contributed by atoms with van der Waals surface area (Å²) in [5, 5.41) is 42.8. The molecule has 79 heavy (non-hydrogen) atoms. The molecule has 0 aliphatic heterocycles. The maximum absolute atomic E-state index is 13.6. The second-order valence-corrected chi connectivity index (χ2v) is 23.6. The predicted octanol–water partition coefficient (Wildman–Crippen LogP) is 9.29. The number of hydrogen-bond donors (Lipinski definition) is 2. The van der Waals surface area contributed by atoms with E-state index in [4.69, 9.17) is 18.9 Å². The molecule has 0 amide bonds. The van der Waals surface area contributed by atoms with Crippen LogP contribution in [0.1, 0.15) is 81.8 Å². The van der Waals surface area contributed by atoms with Crippen LogP contribution in [-0.4, -0.2) is 63.1 Å². The van der Waals surface area contributed by atoms with E-state index in [1.165, 1.54) is 24.3 Å². The van der Waals surface area contributed by atoms with Gasteiger partial charge in [-0.2, -0.15) is 0 Å². The topological polar surface area (TPSA) is 226 Å². The van der Waals surface area contributed by atoms with E-state index in [-0.39, 0.29) is 53.6 Å². The number of hydrogen-bond acceptors (Lipinski definition) is 14. The van der Waals surface area contributed by atoms with Crippen LogP contribution in [0.15, 0.2) is 204 Å². The molecule has 404 valence electrons. The number of aromatic carboxylic acids is 2. The van der Waals surface area contributed by atoms with Crippen molar-refractivity contribution < 1.29 is 85.3 Å². The summed E-state index contributed by atoms with van der Waals surface area (Å²) in [5.74, 6) is -2.07. The summed E-state index contributed by atoms with van der Waals surface area (Å²) in [5.41, 5.74) is 0.0316. The molecule has 0 bridgehead atoms. The molecule has 0 aliphatic rings. The number of carboxylic acid groups (broad SMARTS) is 2. The first-order chi connectivity index (χ1) is 37.0. The number of sulfone groups is 2. The maximum Gasteiger partial charge on any atom is 2.00 e. The summed E-state index contributed by atoms with van der Waals surface area (Å²) >= 11 is 0. The minimum atomic E-state index is -3.95. The number of aromatic hydroxyl groups is 2. The van der Waals surface area contributed by atoms with Crippen LogP contribution in [0.2, 0.25) is 0 Å². The molecule has 14 nitrogen and oxygen atoms in total. The molecule has 2 atom stereocenters. The van der Waals surface area contributed by atoms with E-state index in [1.807, 2.05) is 65.8 Å². The van der Waals surface area contributed by atoms with Crippen molar-refractivity contribution in [3.63, 3.8) is 0 Å². The van der Waals surface area contributed by atoms with Crippen LogP contribution in [0.4, 0.5) is 0 Å². The van der Waals surface area contributed by atoms with Crippen molar-refractivity contribution in [1.82, 2.24) is 0 Å². The molecule has 8 aromatic rings. The fraction of sp³-hybridized carbons (Fsp3) is 0.194. The normalized spacial score (nSPS) is 12.3. The van der Waals surface area contributed by atoms with Gasteiger partial charge in [0, 0.05) is 22.0 Å². The van der Waals surface area contributed by atoms with Crippen molar-refractivity contribution in [2.75, 3.05) is 13.2 Å². The van der Waals surface area contributed by atoms with E-state index in [0.717, 1.165) is 22.3 Å². The van der Waals surface area contributed by atoms with Crippen LogP contribution < -0.4 is 29.2 Å². The molecule has 0 radical (unpaired) electrons. The quantitative estimate of drug-likeness (QED) is 0.0679. The van der Waals surface area contributed by atoms with Gasteiger partial charge in [0.05, 0.1) is 21.7 Å². The number of benzene rings is 8. The molecular formula is C62H58O14S2Zn. The first-order valence-electron chi connectivity index (χ1n) is 24.6. The second-order valence-electron chi connectivity index (χ2n) is 19.4. The molecule has 8 aromatic carbocycles. The first kappa shape index (κ1) is 60.3. The van der Waals surface area contributed by atoms with Crippen LogP contribution in [-0.2, 0) is 50.0 Å². The van der Waals surface area contributed by atoms with Gasteiger partial charge in [0.15, 0.2) is 0 Å². The molecule has 0 heterocycles. The Morgan fingerprint density at radius 1 is 0.443 bits per heavy atom. The van der Waals surface area contributed by atoms with E-state index >= 15 is 0 Å². The third-order valence-electron chi connectivity index (χ3n) is 13.2. The fourth-order valence-electron chi connectivity index (χ4n) is 8.23. The van der Waals surface area contributed by atoms with E-state index < -0.39 is 64.8 Å². The zero-order valence-corrected chi connectivity index (χ0v) is 49.0. The minimum Gasteiger partial charge on any atom is -0.545 e. The molecule has 8 rings (SSSR count). The second kappa shape index (κ2) is 25.7. The Balaban J connectivity index is 0.000000252. The van der Waals surface area contributed by atoms with E-state index in [9.17, 15) is 46.9 Å². The van der Waals surface area contributed by atoms with Crippen LogP contribution in [0.3, 0.4) is 0 Å². The summed E-state index contributed by atoms with van der Waals surface area (Å²) in [7, 11) is -7.89. The maximum atomic E-state index is 13.6. The summed E-state index contributed by atoms with van der Waals surface area (Å²) in [6.45, 7) is 10.9. The number of phenols is 2. The van der Waals surface area contributed by atoms with Crippen molar-refractivity contribution >= 4 is 31.6 Å². The molecule has 0 fully saturated rings. The molecule has 0 spiro atoms. The fourth-order valence-corrected chi connectivity index (χ4v) is 10.8. The van der Waals surface area contributed by atoms with E-state index in [0.29, 0.717) is 34.1 Å². The van der Waals surface area contributed by atoms with Crippen molar-refractivity contribution in [2.45, 2.75) is 73.0 Å². The number of rotatable bonds is 20. The average Bonchev–Trinajstić information content (AvgIpc) is 3.44. The Morgan fingerprint density at radius 2 is 0.759 bits per heavy atom. The monoisotopic (exact) mass is 1150 g/mol. The molecule has 0 saturated heterocycles. The molecule has 0 aromatic heterocycles.